The van der Waals surface area contributed by atoms with Crippen molar-refractivity contribution >= 4 is 29.5 Å². The number of hydrogen-bond donors (Lipinski definition) is 1. The van der Waals surface area contributed by atoms with Gasteiger partial charge in [-0.05, 0) is 23.5 Å². The molecule has 2 fully saturated rings. The van der Waals surface area contributed by atoms with E-state index in [-0.39, 0.29) is 28.3 Å². The van der Waals surface area contributed by atoms with Gasteiger partial charge in [-0.15, -0.1) is 11.8 Å². The van der Waals surface area contributed by atoms with E-state index < -0.39 is 5.97 Å². The number of aliphatic carboxylic acids is 1. The zero-order chi connectivity index (χ0) is 17.6. The number of thioether (sulfide) groups is 1. The molecule has 6 nitrogen and oxygen atoms in total. The van der Waals surface area contributed by atoms with Crippen molar-refractivity contribution < 1.29 is 19.5 Å². The van der Waals surface area contributed by atoms with E-state index in [2.05, 4.69) is 20.8 Å². The Bertz CT molecular complexity index is 675. The molecule has 1 N–H and O–H groups in total. The quantitative estimate of drug-likeness (QED) is 0.621. The van der Waals surface area contributed by atoms with Gasteiger partial charge < -0.3 is 10.0 Å². The summed E-state index contributed by atoms with van der Waals surface area (Å²) in [5.41, 5.74) is 1.27. The lowest BCUT2D eigenvalue weighted by atomic mass is 9.96. The smallest absolute Gasteiger partial charge is 0.352 e. The van der Waals surface area contributed by atoms with E-state index in [0.717, 1.165) is 0 Å². The molecule has 3 aliphatic rings. The van der Waals surface area contributed by atoms with Crippen LogP contribution in [0.15, 0.2) is 22.9 Å². The van der Waals surface area contributed by atoms with Crippen molar-refractivity contribution in [2.24, 2.45) is 5.41 Å². The van der Waals surface area contributed by atoms with Crippen LogP contribution >= 0.6 is 11.8 Å². The van der Waals surface area contributed by atoms with E-state index in [1.807, 2.05) is 4.90 Å². The number of carboxylic acid groups (broad SMARTS) is 1. The third kappa shape index (κ3) is 3.09. The maximum atomic E-state index is 12.6. The number of carbonyl (C=O) groups is 3. The number of hydrogen-bond acceptors (Lipinski definition) is 4. The average Bonchev–Trinajstić information content (AvgIpc) is 2.78. The lowest BCUT2D eigenvalue weighted by molar-refractivity contribution is -0.146. The highest BCUT2D eigenvalue weighted by molar-refractivity contribution is 8.00. The number of carboxylic acids is 1. The van der Waals surface area contributed by atoms with Crippen molar-refractivity contribution in [1.82, 2.24) is 9.80 Å². The van der Waals surface area contributed by atoms with Gasteiger partial charge in [-0.1, -0.05) is 20.8 Å². The number of likely N-dealkylation sites (tertiary alicyclic amines) is 1. The van der Waals surface area contributed by atoms with Crippen molar-refractivity contribution in [3.05, 3.63) is 22.9 Å². The van der Waals surface area contributed by atoms with Crippen molar-refractivity contribution in [2.75, 3.05) is 18.8 Å². The van der Waals surface area contributed by atoms with Crippen LogP contribution in [-0.4, -0.2) is 56.9 Å². The fourth-order valence-electron chi connectivity index (χ4n) is 3.28. The van der Waals surface area contributed by atoms with E-state index in [4.69, 9.17) is 0 Å². The van der Waals surface area contributed by atoms with Crippen LogP contribution in [0, 0.1) is 5.41 Å². The molecule has 2 saturated heterocycles. The van der Waals surface area contributed by atoms with Gasteiger partial charge in [-0.2, -0.15) is 0 Å². The second-order valence-corrected chi connectivity index (χ2v) is 8.79. The normalized spacial score (nSPS) is 26.1. The molecule has 1 unspecified atom stereocenters. The maximum absolute atomic E-state index is 12.6. The number of allylic oxidation sites excluding steroid dienone is 1. The molecule has 7 heteroatoms. The number of β-lactam (4-membered cyclic amide) rings is 1. The molecule has 0 bridgehead atoms. The van der Waals surface area contributed by atoms with Gasteiger partial charge in [0.25, 0.3) is 0 Å². The predicted molar refractivity (Wildman–Crippen MR) is 91.1 cm³/mol. The Kier molecular flexibility index (Phi) is 4.23. The Labute approximate surface area is 145 Å². The lowest BCUT2D eigenvalue weighted by Crippen LogP contribution is -2.53. The molecule has 3 aliphatic heterocycles. The van der Waals surface area contributed by atoms with E-state index >= 15 is 0 Å². The molecular formula is C17H22N2O4S. The lowest BCUT2D eigenvalue weighted by Gasteiger charge is -2.43. The molecule has 0 aromatic rings. The molecule has 2 amide bonds. The summed E-state index contributed by atoms with van der Waals surface area (Å²) in [6, 6.07) is 0. The molecule has 24 heavy (non-hydrogen) atoms. The fraction of sp³-hybridized carbons (Fsp3) is 0.588. The Morgan fingerprint density at radius 3 is 2.67 bits per heavy atom. The third-order valence-electron chi connectivity index (χ3n) is 4.31. The molecule has 0 aromatic heterocycles. The first-order valence-electron chi connectivity index (χ1n) is 8.07. The first kappa shape index (κ1) is 17.1. The van der Waals surface area contributed by atoms with Gasteiger partial charge in [-0.25, -0.2) is 4.79 Å². The molecule has 1 atom stereocenters. The van der Waals surface area contributed by atoms with Gasteiger partial charge in [0, 0.05) is 24.4 Å². The Morgan fingerprint density at radius 2 is 2.08 bits per heavy atom. The molecule has 0 aliphatic carbocycles. The summed E-state index contributed by atoms with van der Waals surface area (Å²) in [7, 11) is 0. The highest BCUT2D eigenvalue weighted by atomic mass is 32.2. The summed E-state index contributed by atoms with van der Waals surface area (Å²) in [6.45, 7) is 7.59. The van der Waals surface area contributed by atoms with Crippen molar-refractivity contribution in [3.63, 3.8) is 0 Å². The number of nitrogens with zero attached hydrogens (tertiary/aromatic N) is 2. The monoisotopic (exact) mass is 350 g/mol. The molecule has 3 rings (SSSR count). The van der Waals surface area contributed by atoms with Crippen LogP contribution in [0.3, 0.4) is 0 Å². The van der Waals surface area contributed by atoms with Crippen LogP contribution in [0.4, 0.5) is 0 Å². The van der Waals surface area contributed by atoms with Crippen LogP contribution < -0.4 is 0 Å². The topological polar surface area (TPSA) is 77.9 Å². The van der Waals surface area contributed by atoms with Gasteiger partial charge in [-0.3, -0.25) is 14.5 Å². The average molecular weight is 350 g/mol. The fourth-order valence-corrected chi connectivity index (χ4v) is 4.51. The second kappa shape index (κ2) is 5.95. The highest BCUT2D eigenvalue weighted by Crippen LogP contribution is 2.40. The van der Waals surface area contributed by atoms with Gasteiger partial charge in [0.15, 0.2) is 0 Å². The largest absolute Gasteiger partial charge is 0.477 e. The van der Waals surface area contributed by atoms with Crippen LogP contribution in [0.5, 0.6) is 0 Å². The first-order chi connectivity index (χ1) is 11.2. The molecule has 3 heterocycles. The summed E-state index contributed by atoms with van der Waals surface area (Å²) >= 11 is 1.56. The minimum absolute atomic E-state index is 0.0224. The number of amides is 2. The summed E-state index contributed by atoms with van der Waals surface area (Å²) in [5.74, 6) is -0.763. The Hall–Kier alpha value is -1.76. The van der Waals surface area contributed by atoms with Crippen LogP contribution in [0.25, 0.3) is 0 Å². The number of carbonyl (C=O) groups excluding carboxylic acids is 2. The molecule has 130 valence electrons. The molecule has 0 radical (unpaired) electrons. The van der Waals surface area contributed by atoms with E-state index in [9.17, 15) is 19.5 Å². The van der Waals surface area contributed by atoms with Gasteiger partial charge in [0.05, 0.1) is 11.8 Å². The standard InChI is InChI=1S/C17H22N2O4S/c1-17(2,3)9-18-5-4-10(15(18)21)6-11-8-24-13-7-12(20)19(13)14(11)16(22)23/h6,13H,4-5,7-9H2,1-3H3,(H,22,23)/b10-6+. The zero-order valence-electron chi connectivity index (χ0n) is 14.2. The van der Waals surface area contributed by atoms with Gasteiger partial charge in [0.1, 0.15) is 5.70 Å². The third-order valence-corrected chi connectivity index (χ3v) is 5.55. The molecule has 0 aromatic carbocycles. The SMILES string of the molecule is CC(C)(C)CN1CC/C(=C\C2=C(C(=O)O)N3C(=O)CC3SC2)C1=O. The van der Waals surface area contributed by atoms with E-state index in [1.54, 1.807) is 17.8 Å². The summed E-state index contributed by atoms with van der Waals surface area (Å²) < 4.78 is 0. The Morgan fingerprint density at radius 1 is 1.38 bits per heavy atom. The van der Waals surface area contributed by atoms with Crippen molar-refractivity contribution in [1.29, 1.82) is 0 Å². The van der Waals surface area contributed by atoms with Crippen LogP contribution in [0.1, 0.15) is 33.6 Å². The van der Waals surface area contributed by atoms with E-state index in [1.165, 1.54) is 4.90 Å². The summed E-state index contributed by atoms with van der Waals surface area (Å²) in [6.07, 6.45) is 2.71. The first-order valence-corrected chi connectivity index (χ1v) is 9.12. The van der Waals surface area contributed by atoms with E-state index in [0.29, 0.717) is 42.8 Å². The Balaban J connectivity index is 1.87. The second-order valence-electron chi connectivity index (χ2n) is 7.62. The van der Waals surface area contributed by atoms with Crippen LogP contribution in [0.2, 0.25) is 0 Å². The molecular weight excluding hydrogens is 328 g/mol. The predicted octanol–water partition coefficient (Wildman–Crippen LogP) is 1.84. The zero-order valence-corrected chi connectivity index (χ0v) is 15.0. The minimum atomic E-state index is -1.10. The molecule has 0 spiro atoms. The van der Waals surface area contributed by atoms with Crippen molar-refractivity contribution in [2.45, 2.75) is 39.0 Å². The van der Waals surface area contributed by atoms with Crippen molar-refractivity contribution in [3.8, 4) is 0 Å². The van der Waals surface area contributed by atoms with Gasteiger partial charge in [0.2, 0.25) is 11.8 Å². The maximum Gasteiger partial charge on any atom is 0.352 e. The number of rotatable bonds is 3. The summed E-state index contributed by atoms with van der Waals surface area (Å²) in [5, 5.41) is 9.44. The highest BCUT2D eigenvalue weighted by Gasteiger charge is 2.45. The molecule has 0 saturated carbocycles. The van der Waals surface area contributed by atoms with Gasteiger partial charge >= 0.3 is 5.97 Å². The number of fused-ring (bicyclic) bond motifs is 1. The van der Waals surface area contributed by atoms with Crippen LogP contribution in [-0.2, 0) is 14.4 Å². The minimum Gasteiger partial charge on any atom is -0.477 e. The summed E-state index contributed by atoms with van der Waals surface area (Å²) in [4.78, 5) is 39.1.